The van der Waals surface area contributed by atoms with E-state index in [1.807, 2.05) is 0 Å². The predicted molar refractivity (Wildman–Crippen MR) is 115 cm³/mol. The second-order valence-electron chi connectivity index (χ2n) is 7.17. The second-order valence-corrected chi connectivity index (χ2v) is 7.17. The Morgan fingerprint density at radius 3 is 1.89 bits per heavy atom. The summed E-state index contributed by atoms with van der Waals surface area (Å²) in [6.07, 6.45) is 0. The van der Waals surface area contributed by atoms with Gasteiger partial charge in [-0.2, -0.15) is 0 Å². The maximum atomic E-state index is 3.82. The van der Waals surface area contributed by atoms with Crippen molar-refractivity contribution >= 4 is 12.4 Å². The fourth-order valence-corrected chi connectivity index (χ4v) is 3.95. The van der Waals surface area contributed by atoms with Crippen LogP contribution in [0.25, 0.3) is 0 Å². The van der Waals surface area contributed by atoms with Crippen LogP contribution in [0.2, 0.25) is 0 Å². The molecular formula is C24H27ClN2. The molecule has 2 atom stereocenters. The average molecular weight is 379 g/mol. The van der Waals surface area contributed by atoms with E-state index in [-0.39, 0.29) is 12.4 Å². The van der Waals surface area contributed by atoms with Gasteiger partial charge in [-0.05, 0) is 16.7 Å². The lowest BCUT2D eigenvalue weighted by molar-refractivity contribution is 0.318. The van der Waals surface area contributed by atoms with E-state index in [1.54, 1.807) is 0 Å². The van der Waals surface area contributed by atoms with E-state index in [9.17, 15) is 0 Å². The molecule has 27 heavy (non-hydrogen) atoms. The van der Waals surface area contributed by atoms with Crippen molar-refractivity contribution in [2.45, 2.75) is 25.0 Å². The van der Waals surface area contributed by atoms with Gasteiger partial charge in [0.15, 0.2) is 0 Å². The Kier molecular flexibility index (Phi) is 7.05. The van der Waals surface area contributed by atoms with Crippen LogP contribution >= 0.6 is 12.4 Å². The molecule has 3 heteroatoms. The molecule has 0 amide bonds. The third-order valence-electron chi connectivity index (χ3n) is 5.28. The number of halogens is 1. The molecule has 1 saturated heterocycles. The molecule has 0 spiro atoms. The molecule has 4 rings (SSSR count). The van der Waals surface area contributed by atoms with Crippen LogP contribution in [0.5, 0.6) is 0 Å². The Labute approximate surface area is 168 Å². The number of likely N-dealkylation sites (tertiary alicyclic amines) is 1. The summed E-state index contributed by atoms with van der Waals surface area (Å²) in [6.45, 7) is 4.13. The first-order chi connectivity index (χ1) is 12.9. The van der Waals surface area contributed by atoms with Gasteiger partial charge in [0.25, 0.3) is 0 Å². The van der Waals surface area contributed by atoms with Crippen molar-refractivity contribution in [1.29, 1.82) is 0 Å². The van der Waals surface area contributed by atoms with Crippen molar-refractivity contribution in [3.63, 3.8) is 0 Å². The number of hydrogen-bond acceptors (Lipinski definition) is 2. The van der Waals surface area contributed by atoms with Gasteiger partial charge in [0.05, 0.1) is 0 Å². The van der Waals surface area contributed by atoms with Crippen molar-refractivity contribution in [3.8, 4) is 0 Å². The van der Waals surface area contributed by atoms with Gasteiger partial charge in [0.1, 0.15) is 0 Å². The molecule has 2 nitrogen and oxygen atoms in total. The van der Waals surface area contributed by atoms with Crippen LogP contribution in [0.15, 0.2) is 91.0 Å². The van der Waals surface area contributed by atoms with Gasteiger partial charge in [0.2, 0.25) is 0 Å². The van der Waals surface area contributed by atoms with Gasteiger partial charge in [-0.3, -0.25) is 4.90 Å². The minimum atomic E-state index is 0. The Morgan fingerprint density at radius 1 is 0.704 bits per heavy atom. The first-order valence-corrected chi connectivity index (χ1v) is 9.47. The zero-order valence-corrected chi connectivity index (χ0v) is 16.3. The van der Waals surface area contributed by atoms with Gasteiger partial charge < -0.3 is 5.32 Å². The molecule has 1 fully saturated rings. The fraction of sp³-hybridized carbons (Fsp3) is 0.250. The van der Waals surface area contributed by atoms with Gasteiger partial charge in [-0.1, -0.05) is 91.0 Å². The highest BCUT2D eigenvalue weighted by Crippen LogP contribution is 2.29. The number of nitrogens with one attached hydrogen (secondary N) is 1. The highest BCUT2D eigenvalue weighted by Gasteiger charge is 2.33. The molecule has 3 aromatic carbocycles. The predicted octanol–water partition coefficient (Wildman–Crippen LogP) is 4.87. The maximum absolute atomic E-state index is 3.82. The Morgan fingerprint density at radius 2 is 1.26 bits per heavy atom. The van der Waals surface area contributed by atoms with Crippen molar-refractivity contribution in [2.75, 3.05) is 13.1 Å². The largest absolute Gasteiger partial charge is 0.308 e. The molecule has 0 radical (unpaired) electrons. The summed E-state index contributed by atoms with van der Waals surface area (Å²) in [5.74, 6) is 0.531. The van der Waals surface area contributed by atoms with Crippen LogP contribution in [0, 0.1) is 0 Å². The van der Waals surface area contributed by atoms with E-state index in [0.717, 1.165) is 26.2 Å². The molecule has 1 heterocycles. The SMILES string of the molecule is Cl.c1ccc(CN[C@@H]2CN(Cc3ccccc3)C[C@H]2c2ccccc2)cc1. The number of rotatable bonds is 6. The summed E-state index contributed by atoms with van der Waals surface area (Å²) in [6, 6.07) is 32.9. The molecule has 0 aliphatic carbocycles. The Bertz CT molecular complexity index is 792. The zero-order valence-electron chi connectivity index (χ0n) is 15.5. The topological polar surface area (TPSA) is 15.3 Å². The summed E-state index contributed by atoms with van der Waals surface area (Å²) in [5.41, 5.74) is 4.18. The molecule has 0 bridgehead atoms. The molecule has 3 aromatic rings. The van der Waals surface area contributed by atoms with Crippen LogP contribution in [0.1, 0.15) is 22.6 Å². The van der Waals surface area contributed by atoms with Crippen LogP contribution in [0.4, 0.5) is 0 Å². The zero-order chi connectivity index (χ0) is 17.6. The van der Waals surface area contributed by atoms with Gasteiger partial charge in [-0.25, -0.2) is 0 Å². The maximum Gasteiger partial charge on any atom is 0.0279 e. The summed E-state index contributed by atoms with van der Waals surface area (Å²) < 4.78 is 0. The number of nitrogens with zero attached hydrogens (tertiary/aromatic N) is 1. The van der Waals surface area contributed by atoms with Crippen LogP contribution < -0.4 is 5.32 Å². The molecule has 140 valence electrons. The smallest absolute Gasteiger partial charge is 0.0279 e. The van der Waals surface area contributed by atoms with E-state index < -0.39 is 0 Å². The number of hydrogen-bond donors (Lipinski definition) is 1. The lowest BCUT2D eigenvalue weighted by Crippen LogP contribution is -2.35. The lowest BCUT2D eigenvalue weighted by atomic mass is 9.94. The molecule has 0 unspecified atom stereocenters. The first kappa shape index (κ1) is 19.6. The van der Waals surface area contributed by atoms with E-state index >= 15 is 0 Å². The highest BCUT2D eigenvalue weighted by atomic mass is 35.5. The summed E-state index contributed by atoms with van der Waals surface area (Å²) in [4.78, 5) is 2.58. The Balaban J connectivity index is 0.00000210. The summed E-state index contributed by atoms with van der Waals surface area (Å²) >= 11 is 0. The minimum Gasteiger partial charge on any atom is -0.308 e. The van der Waals surface area contributed by atoms with Crippen LogP contribution in [-0.4, -0.2) is 24.0 Å². The second kappa shape index (κ2) is 9.70. The standard InChI is InChI=1S/C24H26N2.ClH/c1-4-10-20(11-5-1)16-25-24-19-26(17-21-12-6-2-7-13-21)18-23(24)22-14-8-3-9-15-22;/h1-15,23-25H,16-19H2;1H/t23-,24+;/m0./s1. The third-order valence-corrected chi connectivity index (χ3v) is 5.28. The van der Waals surface area contributed by atoms with Crippen molar-refractivity contribution in [1.82, 2.24) is 10.2 Å². The van der Waals surface area contributed by atoms with Gasteiger partial charge in [-0.15, -0.1) is 12.4 Å². The molecular weight excluding hydrogens is 352 g/mol. The quantitative estimate of drug-likeness (QED) is 0.658. The molecule has 0 saturated carbocycles. The first-order valence-electron chi connectivity index (χ1n) is 9.47. The van der Waals surface area contributed by atoms with E-state index in [1.165, 1.54) is 16.7 Å². The van der Waals surface area contributed by atoms with E-state index in [0.29, 0.717) is 12.0 Å². The Hall–Kier alpha value is -2.13. The molecule has 1 aliphatic heterocycles. The van der Waals surface area contributed by atoms with Crippen LogP contribution in [0.3, 0.4) is 0 Å². The number of benzene rings is 3. The lowest BCUT2D eigenvalue weighted by Gasteiger charge is -2.20. The van der Waals surface area contributed by atoms with Gasteiger partial charge >= 0.3 is 0 Å². The summed E-state index contributed by atoms with van der Waals surface area (Å²) in [7, 11) is 0. The normalized spacial score (nSPS) is 19.6. The molecule has 1 N–H and O–H groups in total. The summed E-state index contributed by atoms with van der Waals surface area (Å²) in [5, 5.41) is 3.82. The average Bonchev–Trinajstić information content (AvgIpc) is 3.11. The highest BCUT2D eigenvalue weighted by molar-refractivity contribution is 5.85. The molecule has 1 aliphatic rings. The van der Waals surface area contributed by atoms with Crippen molar-refractivity contribution in [2.24, 2.45) is 0 Å². The van der Waals surface area contributed by atoms with Crippen molar-refractivity contribution < 1.29 is 0 Å². The molecule has 0 aromatic heterocycles. The fourth-order valence-electron chi connectivity index (χ4n) is 3.95. The third kappa shape index (κ3) is 5.20. The van der Waals surface area contributed by atoms with E-state index in [2.05, 4.69) is 101 Å². The van der Waals surface area contributed by atoms with Gasteiger partial charge in [0, 0.05) is 38.1 Å². The van der Waals surface area contributed by atoms with Crippen molar-refractivity contribution in [3.05, 3.63) is 108 Å². The monoisotopic (exact) mass is 378 g/mol. The van der Waals surface area contributed by atoms with Crippen LogP contribution in [-0.2, 0) is 13.1 Å². The van der Waals surface area contributed by atoms with E-state index in [4.69, 9.17) is 0 Å². The minimum absolute atomic E-state index is 0.